The fourth-order valence-corrected chi connectivity index (χ4v) is 2.18. The van der Waals surface area contributed by atoms with Gasteiger partial charge in [0.1, 0.15) is 5.69 Å². The molecule has 0 aliphatic heterocycles. The van der Waals surface area contributed by atoms with E-state index in [1.54, 1.807) is 18.2 Å². The Hall–Kier alpha value is -2.01. The summed E-state index contributed by atoms with van der Waals surface area (Å²) in [4.78, 5) is 21.7. The number of aryl methyl sites for hydroxylation is 1. The number of nitrogens with zero attached hydrogens (tertiary/aromatic N) is 1. The number of aliphatic carboxylic acids is 1. The van der Waals surface area contributed by atoms with Crippen LogP contribution in [0.3, 0.4) is 0 Å². The number of hydrogen-bond acceptors (Lipinski definition) is 2. The second-order valence-corrected chi connectivity index (χ2v) is 4.21. The Morgan fingerprint density at radius 1 is 1.28 bits per heavy atom. The normalized spacial score (nSPS) is 10.7. The second kappa shape index (κ2) is 4.70. The first-order valence-electron chi connectivity index (χ1n) is 5.23. The second-order valence-electron chi connectivity index (χ2n) is 3.81. The minimum Gasteiger partial charge on any atom is -0.481 e. The van der Waals surface area contributed by atoms with Crippen molar-refractivity contribution in [3.05, 3.63) is 35.0 Å². The largest absolute Gasteiger partial charge is 0.481 e. The zero-order valence-corrected chi connectivity index (χ0v) is 10.0. The van der Waals surface area contributed by atoms with Crippen molar-refractivity contribution in [2.75, 3.05) is 0 Å². The van der Waals surface area contributed by atoms with Crippen LogP contribution in [0.5, 0.6) is 0 Å². The van der Waals surface area contributed by atoms with Crippen LogP contribution in [0.15, 0.2) is 24.3 Å². The molecule has 0 atom stereocenters. The molecule has 0 spiro atoms. The molecule has 18 heavy (non-hydrogen) atoms. The van der Waals surface area contributed by atoms with Gasteiger partial charge in [-0.05, 0) is 12.1 Å². The van der Waals surface area contributed by atoms with Crippen molar-refractivity contribution in [3.63, 3.8) is 0 Å². The van der Waals surface area contributed by atoms with E-state index in [4.69, 9.17) is 21.8 Å². The highest BCUT2D eigenvalue weighted by atomic mass is 35.5. The number of hydrogen-bond donors (Lipinski definition) is 2. The summed E-state index contributed by atoms with van der Waals surface area (Å²) in [6.45, 7) is 0.0736. The van der Waals surface area contributed by atoms with Crippen molar-refractivity contribution in [2.24, 2.45) is 0 Å². The lowest BCUT2D eigenvalue weighted by Gasteiger charge is -2.07. The molecule has 2 N–H and O–H groups in total. The van der Waals surface area contributed by atoms with Crippen molar-refractivity contribution >= 4 is 34.4 Å². The van der Waals surface area contributed by atoms with Gasteiger partial charge in [-0.2, -0.15) is 0 Å². The van der Waals surface area contributed by atoms with Crippen LogP contribution in [0.4, 0.5) is 0 Å². The molecule has 0 radical (unpaired) electrons. The third-order valence-electron chi connectivity index (χ3n) is 2.64. The van der Waals surface area contributed by atoms with Crippen molar-refractivity contribution < 1.29 is 19.8 Å². The van der Waals surface area contributed by atoms with Crippen LogP contribution in [0.25, 0.3) is 10.9 Å². The zero-order valence-electron chi connectivity index (χ0n) is 9.26. The van der Waals surface area contributed by atoms with Crippen LogP contribution < -0.4 is 0 Å². The molecule has 0 saturated carbocycles. The maximum atomic E-state index is 11.1. The van der Waals surface area contributed by atoms with Gasteiger partial charge in [0.2, 0.25) is 0 Å². The average molecular weight is 268 g/mol. The molecule has 0 bridgehead atoms. The maximum absolute atomic E-state index is 11.1. The van der Waals surface area contributed by atoms with E-state index in [2.05, 4.69) is 0 Å². The lowest BCUT2D eigenvalue weighted by Crippen LogP contribution is -2.11. The van der Waals surface area contributed by atoms with Crippen LogP contribution >= 0.6 is 11.6 Å². The third kappa shape index (κ3) is 2.17. The average Bonchev–Trinajstić information content (AvgIpc) is 2.66. The number of carboxylic acid groups (broad SMARTS) is 2. The molecule has 0 saturated heterocycles. The molecular weight excluding hydrogens is 258 g/mol. The lowest BCUT2D eigenvalue weighted by atomic mass is 10.2. The van der Waals surface area contributed by atoms with E-state index in [0.717, 1.165) is 0 Å². The summed E-state index contributed by atoms with van der Waals surface area (Å²) >= 11 is 6.03. The molecule has 0 unspecified atom stereocenters. The van der Waals surface area contributed by atoms with E-state index in [1.165, 1.54) is 10.6 Å². The lowest BCUT2D eigenvalue weighted by molar-refractivity contribution is -0.137. The zero-order chi connectivity index (χ0) is 13.3. The fraction of sp³-hybridized carbons (Fsp3) is 0.167. The molecule has 0 amide bonds. The smallest absolute Gasteiger partial charge is 0.352 e. The van der Waals surface area contributed by atoms with Crippen LogP contribution in [0.2, 0.25) is 5.02 Å². The van der Waals surface area contributed by atoms with Crippen LogP contribution in [-0.4, -0.2) is 26.7 Å². The van der Waals surface area contributed by atoms with Crippen LogP contribution in [0.1, 0.15) is 16.9 Å². The van der Waals surface area contributed by atoms with E-state index < -0.39 is 11.9 Å². The van der Waals surface area contributed by atoms with Gasteiger partial charge < -0.3 is 14.8 Å². The Labute approximate surface area is 107 Å². The van der Waals surface area contributed by atoms with Crippen LogP contribution in [-0.2, 0) is 11.3 Å². The summed E-state index contributed by atoms with van der Waals surface area (Å²) in [5, 5.41) is 18.9. The number of fused-ring (bicyclic) bond motifs is 1. The molecule has 1 heterocycles. The summed E-state index contributed by atoms with van der Waals surface area (Å²) in [5.41, 5.74) is 0.595. The van der Waals surface area contributed by atoms with Gasteiger partial charge in [-0.1, -0.05) is 23.7 Å². The minimum atomic E-state index is -1.10. The summed E-state index contributed by atoms with van der Waals surface area (Å²) in [5.74, 6) is -2.09. The number of para-hydroxylation sites is 1. The quantitative estimate of drug-likeness (QED) is 0.892. The standard InChI is InChI=1S/C12H10ClNO4/c13-8-3-1-2-7-6-9(12(17)18)14(11(7)8)5-4-10(15)16/h1-3,6H,4-5H2,(H,15,16)(H,17,18). The topological polar surface area (TPSA) is 79.5 Å². The minimum absolute atomic E-state index is 0.0411. The Bertz CT molecular complexity index is 632. The molecular formula is C12H10ClNO4. The van der Waals surface area contributed by atoms with Gasteiger partial charge in [-0.3, -0.25) is 4.79 Å². The number of halogens is 1. The Balaban J connectivity index is 2.61. The number of rotatable bonds is 4. The number of aromatic nitrogens is 1. The number of carboxylic acids is 2. The first-order chi connectivity index (χ1) is 8.50. The van der Waals surface area contributed by atoms with Crippen molar-refractivity contribution in [2.45, 2.75) is 13.0 Å². The number of benzene rings is 1. The fourth-order valence-electron chi connectivity index (χ4n) is 1.90. The Morgan fingerprint density at radius 2 is 2.00 bits per heavy atom. The van der Waals surface area contributed by atoms with E-state index >= 15 is 0 Å². The predicted molar refractivity (Wildman–Crippen MR) is 66.2 cm³/mol. The van der Waals surface area contributed by atoms with Crippen molar-refractivity contribution in [1.29, 1.82) is 0 Å². The van der Waals surface area contributed by atoms with Gasteiger partial charge in [0.05, 0.1) is 17.0 Å². The van der Waals surface area contributed by atoms with Crippen LogP contribution in [0, 0.1) is 0 Å². The summed E-state index contributed by atoms with van der Waals surface area (Å²) in [6, 6.07) is 6.60. The van der Waals surface area contributed by atoms with Gasteiger partial charge in [-0.15, -0.1) is 0 Å². The van der Waals surface area contributed by atoms with Gasteiger partial charge >= 0.3 is 11.9 Å². The van der Waals surface area contributed by atoms with Crippen molar-refractivity contribution in [1.82, 2.24) is 4.57 Å². The first kappa shape index (κ1) is 12.4. The highest BCUT2D eigenvalue weighted by Crippen LogP contribution is 2.27. The predicted octanol–water partition coefficient (Wildman–Crippen LogP) is 2.47. The van der Waals surface area contributed by atoms with E-state index in [0.29, 0.717) is 15.9 Å². The molecule has 2 rings (SSSR count). The first-order valence-corrected chi connectivity index (χ1v) is 5.61. The van der Waals surface area contributed by atoms with E-state index in [9.17, 15) is 9.59 Å². The molecule has 94 valence electrons. The third-order valence-corrected chi connectivity index (χ3v) is 2.94. The molecule has 1 aromatic heterocycles. The molecule has 1 aromatic carbocycles. The number of carbonyl (C=O) groups is 2. The maximum Gasteiger partial charge on any atom is 0.352 e. The SMILES string of the molecule is O=C(O)CCn1c(C(=O)O)cc2cccc(Cl)c21. The highest BCUT2D eigenvalue weighted by molar-refractivity contribution is 6.35. The van der Waals surface area contributed by atoms with Gasteiger partial charge in [0, 0.05) is 11.9 Å². The number of aromatic carboxylic acids is 1. The molecule has 5 nitrogen and oxygen atoms in total. The molecule has 0 aliphatic carbocycles. The molecule has 0 aliphatic rings. The van der Waals surface area contributed by atoms with Crippen molar-refractivity contribution in [3.8, 4) is 0 Å². The van der Waals surface area contributed by atoms with Gasteiger partial charge in [0.15, 0.2) is 0 Å². The highest BCUT2D eigenvalue weighted by Gasteiger charge is 2.16. The Kier molecular flexibility index (Phi) is 3.25. The van der Waals surface area contributed by atoms with Gasteiger partial charge in [-0.25, -0.2) is 4.79 Å². The van der Waals surface area contributed by atoms with E-state index in [1.807, 2.05) is 0 Å². The summed E-state index contributed by atoms with van der Waals surface area (Å²) in [7, 11) is 0. The monoisotopic (exact) mass is 267 g/mol. The summed E-state index contributed by atoms with van der Waals surface area (Å²) < 4.78 is 1.42. The Morgan fingerprint density at radius 3 is 2.61 bits per heavy atom. The molecule has 2 aromatic rings. The molecule has 6 heteroatoms. The summed E-state index contributed by atoms with van der Waals surface area (Å²) in [6.07, 6.45) is -0.157. The molecule has 0 fully saturated rings. The van der Waals surface area contributed by atoms with Gasteiger partial charge in [0.25, 0.3) is 0 Å². The van der Waals surface area contributed by atoms with E-state index in [-0.39, 0.29) is 18.7 Å².